The third-order valence-corrected chi connectivity index (χ3v) is 3.98. The van der Waals surface area contributed by atoms with Gasteiger partial charge in [0.05, 0.1) is 0 Å². The van der Waals surface area contributed by atoms with E-state index in [2.05, 4.69) is 31.2 Å². The molecule has 1 unspecified atom stereocenters. The highest BCUT2D eigenvalue weighted by Gasteiger charge is 2.09. The molecule has 2 nitrogen and oxygen atoms in total. The second kappa shape index (κ2) is 5.94. The number of benzene rings is 3. The van der Waals surface area contributed by atoms with Crippen molar-refractivity contribution in [3.8, 4) is 22.6 Å². The highest BCUT2D eigenvalue weighted by Crippen LogP contribution is 2.29. The summed E-state index contributed by atoms with van der Waals surface area (Å²) in [5.41, 5.74) is 4.60. The second-order valence-corrected chi connectivity index (χ2v) is 5.49. The second-order valence-electron chi connectivity index (χ2n) is 5.49. The van der Waals surface area contributed by atoms with Crippen molar-refractivity contribution in [2.24, 2.45) is 0 Å². The quantitative estimate of drug-likeness (QED) is 0.719. The monoisotopic (exact) mass is 290 g/mol. The lowest BCUT2D eigenvalue weighted by atomic mass is 9.91. The van der Waals surface area contributed by atoms with E-state index < -0.39 is 0 Å². The molecule has 2 heteroatoms. The molecule has 3 aromatic rings. The Kier molecular flexibility index (Phi) is 3.84. The Labute approximate surface area is 130 Å². The SMILES string of the molecule is CC(c1ccc(O)cc1)c1cccc(-c2ccc(O)cc2)c1. The van der Waals surface area contributed by atoms with Gasteiger partial charge in [-0.25, -0.2) is 0 Å². The number of aromatic hydroxyl groups is 2. The Hall–Kier alpha value is -2.74. The minimum atomic E-state index is 0.248. The molecule has 0 aliphatic rings. The Bertz CT molecular complexity index is 758. The molecule has 3 rings (SSSR count). The fraction of sp³-hybridized carbons (Fsp3) is 0.100. The molecule has 0 radical (unpaired) electrons. The molecule has 0 spiro atoms. The Morgan fingerprint density at radius 2 is 1.23 bits per heavy atom. The number of phenolic OH excluding ortho intramolecular Hbond substituents is 2. The minimum absolute atomic E-state index is 0.248. The van der Waals surface area contributed by atoms with Gasteiger partial charge in [-0.15, -0.1) is 0 Å². The zero-order valence-corrected chi connectivity index (χ0v) is 12.4. The maximum Gasteiger partial charge on any atom is 0.115 e. The molecule has 0 heterocycles. The third kappa shape index (κ3) is 2.96. The molecule has 2 N–H and O–H groups in total. The lowest BCUT2D eigenvalue weighted by Gasteiger charge is -2.14. The zero-order valence-electron chi connectivity index (χ0n) is 12.4. The molecule has 110 valence electrons. The van der Waals surface area contributed by atoms with Crippen molar-refractivity contribution in [3.63, 3.8) is 0 Å². The molecule has 0 fully saturated rings. The van der Waals surface area contributed by atoms with Gasteiger partial charge in [-0.3, -0.25) is 0 Å². The Balaban J connectivity index is 1.93. The first-order chi connectivity index (χ1) is 10.6. The molecule has 22 heavy (non-hydrogen) atoms. The smallest absolute Gasteiger partial charge is 0.115 e. The highest BCUT2D eigenvalue weighted by molar-refractivity contribution is 5.65. The van der Waals surface area contributed by atoms with Crippen molar-refractivity contribution in [1.29, 1.82) is 0 Å². The van der Waals surface area contributed by atoms with Crippen LogP contribution in [0.15, 0.2) is 72.8 Å². The van der Waals surface area contributed by atoms with Gasteiger partial charge in [0.2, 0.25) is 0 Å². The predicted octanol–water partition coefficient (Wildman–Crippen LogP) is 4.92. The third-order valence-electron chi connectivity index (χ3n) is 3.98. The summed E-state index contributed by atoms with van der Waals surface area (Å²) in [6.07, 6.45) is 0. The van der Waals surface area contributed by atoms with Gasteiger partial charge in [-0.1, -0.05) is 55.5 Å². The first-order valence-corrected chi connectivity index (χ1v) is 7.32. The molecule has 3 aromatic carbocycles. The maximum atomic E-state index is 9.40. The first kappa shape index (κ1) is 14.2. The van der Waals surface area contributed by atoms with Gasteiger partial charge in [0.1, 0.15) is 11.5 Å². The van der Waals surface area contributed by atoms with E-state index in [4.69, 9.17) is 0 Å². The van der Waals surface area contributed by atoms with E-state index in [-0.39, 0.29) is 17.4 Å². The molecule has 0 amide bonds. The van der Waals surface area contributed by atoms with Crippen molar-refractivity contribution < 1.29 is 10.2 Å². The summed E-state index contributed by atoms with van der Waals surface area (Å²) in [6, 6.07) is 23.0. The van der Waals surface area contributed by atoms with Crippen LogP contribution in [-0.4, -0.2) is 10.2 Å². The maximum absolute atomic E-state index is 9.40. The van der Waals surface area contributed by atoms with Crippen LogP contribution >= 0.6 is 0 Å². The van der Waals surface area contributed by atoms with E-state index in [0.717, 1.165) is 11.1 Å². The molecular formula is C20H18O2. The lowest BCUT2D eigenvalue weighted by Crippen LogP contribution is -1.96. The van der Waals surface area contributed by atoms with Gasteiger partial charge in [-0.2, -0.15) is 0 Å². The fourth-order valence-electron chi connectivity index (χ4n) is 2.60. The summed E-state index contributed by atoms with van der Waals surface area (Å²) in [5, 5.41) is 18.8. The standard InChI is InChI=1S/C20H18O2/c1-14(15-5-9-19(21)10-6-15)17-3-2-4-18(13-17)16-7-11-20(22)12-8-16/h2-14,21-22H,1H3. The normalized spacial score (nSPS) is 12.0. The number of rotatable bonds is 3. The predicted molar refractivity (Wildman–Crippen MR) is 89.2 cm³/mol. The van der Waals surface area contributed by atoms with Crippen molar-refractivity contribution in [3.05, 3.63) is 83.9 Å². The lowest BCUT2D eigenvalue weighted by molar-refractivity contribution is 0.474. The van der Waals surface area contributed by atoms with Crippen LogP contribution in [0.5, 0.6) is 11.5 Å². The van der Waals surface area contributed by atoms with Crippen molar-refractivity contribution >= 4 is 0 Å². The van der Waals surface area contributed by atoms with Gasteiger partial charge < -0.3 is 10.2 Å². The summed E-state index contributed by atoms with van der Waals surface area (Å²) in [5.74, 6) is 0.809. The largest absolute Gasteiger partial charge is 0.508 e. The van der Waals surface area contributed by atoms with Crippen molar-refractivity contribution in [1.82, 2.24) is 0 Å². The van der Waals surface area contributed by atoms with Gasteiger partial charge in [0.15, 0.2) is 0 Å². The molecular weight excluding hydrogens is 272 g/mol. The summed E-state index contributed by atoms with van der Waals surface area (Å²) in [6.45, 7) is 2.16. The summed E-state index contributed by atoms with van der Waals surface area (Å²) < 4.78 is 0. The molecule has 1 atom stereocenters. The molecule has 0 aliphatic carbocycles. The van der Waals surface area contributed by atoms with E-state index >= 15 is 0 Å². The van der Waals surface area contributed by atoms with Crippen molar-refractivity contribution in [2.75, 3.05) is 0 Å². The molecule has 0 aliphatic heterocycles. The molecule has 0 saturated carbocycles. The Morgan fingerprint density at radius 3 is 1.86 bits per heavy atom. The first-order valence-electron chi connectivity index (χ1n) is 7.32. The van der Waals surface area contributed by atoms with Crippen LogP contribution in [0.1, 0.15) is 24.0 Å². The highest BCUT2D eigenvalue weighted by atomic mass is 16.3. The topological polar surface area (TPSA) is 40.5 Å². The minimum Gasteiger partial charge on any atom is -0.508 e. The van der Waals surface area contributed by atoms with Crippen LogP contribution in [0.3, 0.4) is 0 Å². The van der Waals surface area contributed by atoms with Crippen molar-refractivity contribution in [2.45, 2.75) is 12.8 Å². The van der Waals surface area contributed by atoms with E-state index in [1.807, 2.05) is 24.3 Å². The van der Waals surface area contributed by atoms with Crippen LogP contribution in [-0.2, 0) is 0 Å². The number of phenols is 2. The molecule has 0 saturated heterocycles. The van der Waals surface area contributed by atoms with Crippen LogP contribution in [0.4, 0.5) is 0 Å². The van der Waals surface area contributed by atoms with E-state index in [1.165, 1.54) is 11.1 Å². The van der Waals surface area contributed by atoms with Gasteiger partial charge in [0.25, 0.3) is 0 Å². The van der Waals surface area contributed by atoms with Crippen LogP contribution in [0.25, 0.3) is 11.1 Å². The number of hydrogen-bond donors (Lipinski definition) is 2. The summed E-state index contributed by atoms with van der Waals surface area (Å²) in [7, 11) is 0. The fourth-order valence-corrected chi connectivity index (χ4v) is 2.60. The van der Waals surface area contributed by atoms with Crippen LogP contribution in [0, 0.1) is 0 Å². The average molecular weight is 290 g/mol. The Morgan fingerprint density at radius 1 is 0.636 bits per heavy atom. The van der Waals surface area contributed by atoms with Crippen LogP contribution < -0.4 is 0 Å². The van der Waals surface area contributed by atoms with E-state index in [9.17, 15) is 10.2 Å². The average Bonchev–Trinajstić information content (AvgIpc) is 2.56. The summed E-state index contributed by atoms with van der Waals surface area (Å²) >= 11 is 0. The van der Waals surface area contributed by atoms with Gasteiger partial charge in [-0.05, 0) is 46.5 Å². The summed E-state index contributed by atoms with van der Waals surface area (Å²) in [4.78, 5) is 0. The van der Waals surface area contributed by atoms with Gasteiger partial charge in [0, 0.05) is 5.92 Å². The number of hydrogen-bond acceptors (Lipinski definition) is 2. The molecule has 0 aromatic heterocycles. The van der Waals surface area contributed by atoms with E-state index in [0.29, 0.717) is 0 Å². The zero-order chi connectivity index (χ0) is 15.5. The van der Waals surface area contributed by atoms with Gasteiger partial charge >= 0.3 is 0 Å². The van der Waals surface area contributed by atoms with Crippen LogP contribution in [0.2, 0.25) is 0 Å². The van der Waals surface area contributed by atoms with E-state index in [1.54, 1.807) is 24.3 Å². The molecule has 0 bridgehead atoms.